The third-order valence-corrected chi connectivity index (χ3v) is 8.32. The zero-order chi connectivity index (χ0) is 22.9. The van der Waals surface area contributed by atoms with Crippen LogP contribution in [0.5, 0.6) is 0 Å². The monoisotopic (exact) mass is 478 g/mol. The zero-order valence-corrected chi connectivity index (χ0v) is 19.0. The molecule has 4 rings (SSSR count). The molecule has 2 aromatic carbocycles. The molecule has 1 aliphatic carbocycles. The largest absolute Gasteiger partial charge is 0.274 e. The molecule has 2 fully saturated rings. The van der Waals surface area contributed by atoms with E-state index in [2.05, 4.69) is 0 Å². The second-order valence-corrected chi connectivity index (χ2v) is 10.5. The first kappa shape index (κ1) is 22.9. The molecule has 1 unspecified atom stereocenters. The summed E-state index contributed by atoms with van der Waals surface area (Å²) < 4.78 is 42.1. The SMILES string of the molecule is O=C1CC(N(C2CCCCCC2)S(=O)(=O)c2ccc(Cl)cc2)C(=O)N1c1ccc(F)cc1. The molecule has 0 bridgehead atoms. The normalized spacial score (nSPS) is 20.7. The minimum atomic E-state index is -4.07. The summed E-state index contributed by atoms with van der Waals surface area (Å²) in [6.45, 7) is 0. The molecule has 2 amide bonds. The quantitative estimate of drug-likeness (QED) is 0.467. The maximum absolute atomic E-state index is 13.7. The number of nitrogens with zero attached hydrogens (tertiary/aromatic N) is 2. The predicted molar refractivity (Wildman–Crippen MR) is 119 cm³/mol. The smallest absolute Gasteiger partial charge is 0.252 e. The highest BCUT2D eigenvalue weighted by atomic mass is 35.5. The molecule has 0 spiro atoms. The van der Waals surface area contributed by atoms with Crippen LogP contribution in [0.15, 0.2) is 53.4 Å². The van der Waals surface area contributed by atoms with E-state index < -0.39 is 33.7 Å². The van der Waals surface area contributed by atoms with Crippen molar-refractivity contribution in [2.75, 3.05) is 4.90 Å². The summed E-state index contributed by atoms with van der Waals surface area (Å²) >= 11 is 5.94. The van der Waals surface area contributed by atoms with E-state index in [1.54, 1.807) is 0 Å². The van der Waals surface area contributed by atoms with Crippen LogP contribution in [-0.4, -0.2) is 36.6 Å². The van der Waals surface area contributed by atoms with Crippen molar-refractivity contribution >= 4 is 39.1 Å². The minimum Gasteiger partial charge on any atom is -0.274 e. The van der Waals surface area contributed by atoms with Gasteiger partial charge in [0.1, 0.15) is 11.9 Å². The molecule has 2 aromatic rings. The van der Waals surface area contributed by atoms with Crippen molar-refractivity contribution in [1.29, 1.82) is 0 Å². The lowest BCUT2D eigenvalue weighted by molar-refractivity contribution is -0.122. The van der Waals surface area contributed by atoms with Gasteiger partial charge in [-0.25, -0.2) is 17.7 Å². The Labute approximate surface area is 192 Å². The number of imide groups is 1. The fourth-order valence-electron chi connectivity index (χ4n) is 4.53. The Hall–Kier alpha value is -2.29. The fraction of sp³-hybridized carbons (Fsp3) is 0.391. The lowest BCUT2D eigenvalue weighted by atomic mass is 10.1. The fourth-order valence-corrected chi connectivity index (χ4v) is 6.49. The van der Waals surface area contributed by atoms with Gasteiger partial charge in [-0.15, -0.1) is 0 Å². The first-order chi connectivity index (χ1) is 15.3. The van der Waals surface area contributed by atoms with Gasteiger partial charge in [0.05, 0.1) is 17.0 Å². The molecule has 0 radical (unpaired) electrons. The van der Waals surface area contributed by atoms with E-state index in [-0.39, 0.29) is 23.0 Å². The van der Waals surface area contributed by atoms with Crippen molar-refractivity contribution in [3.63, 3.8) is 0 Å². The molecule has 1 aliphatic heterocycles. The molecule has 170 valence electrons. The van der Waals surface area contributed by atoms with Gasteiger partial charge in [0.2, 0.25) is 15.9 Å². The standard InChI is InChI=1S/C23H24ClFN2O4S/c24-16-7-13-20(14-8-16)32(30,31)27(19-5-3-1-2-4-6-19)21-15-22(28)26(23(21)29)18-11-9-17(25)10-12-18/h7-14,19,21H,1-6,15H2. The summed E-state index contributed by atoms with van der Waals surface area (Å²) in [5.41, 5.74) is 0.230. The number of halogens is 2. The van der Waals surface area contributed by atoms with E-state index in [1.165, 1.54) is 40.7 Å². The van der Waals surface area contributed by atoms with Crippen LogP contribution < -0.4 is 4.90 Å². The van der Waals surface area contributed by atoms with Gasteiger partial charge in [-0.2, -0.15) is 4.31 Å². The Balaban J connectivity index is 1.74. The van der Waals surface area contributed by atoms with Gasteiger partial charge >= 0.3 is 0 Å². The maximum Gasteiger partial charge on any atom is 0.252 e. The Morgan fingerprint density at radius 1 is 0.906 bits per heavy atom. The van der Waals surface area contributed by atoms with Crippen molar-refractivity contribution < 1.29 is 22.4 Å². The van der Waals surface area contributed by atoms with Crippen LogP contribution in [0, 0.1) is 5.82 Å². The number of sulfonamides is 1. The maximum atomic E-state index is 13.7. The van der Waals surface area contributed by atoms with E-state index in [4.69, 9.17) is 11.6 Å². The number of carbonyl (C=O) groups excluding carboxylic acids is 2. The van der Waals surface area contributed by atoms with E-state index >= 15 is 0 Å². The lowest BCUT2D eigenvalue weighted by Crippen LogP contribution is -2.50. The van der Waals surface area contributed by atoms with E-state index in [9.17, 15) is 22.4 Å². The van der Waals surface area contributed by atoms with Crippen molar-refractivity contribution in [2.24, 2.45) is 0 Å². The molecule has 6 nitrogen and oxygen atoms in total. The number of rotatable bonds is 5. The summed E-state index contributed by atoms with van der Waals surface area (Å²) in [4.78, 5) is 27.2. The van der Waals surface area contributed by atoms with Crippen LogP contribution >= 0.6 is 11.6 Å². The predicted octanol–water partition coefficient (Wildman–Crippen LogP) is 4.52. The molecule has 1 saturated carbocycles. The third kappa shape index (κ3) is 4.44. The first-order valence-electron chi connectivity index (χ1n) is 10.7. The molecule has 0 N–H and O–H groups in total. The summed E-state index contributed by atoms with van der Waals surface area (Å²) in [7, 11) is -4.07. The van der Waals surface area contributed by atoms with Gasteiger partial charge in [-0.05, 0) is 61.4 Å². The molecule has 1 saturated heterocycles. The Bertz CT molecular complexity index is 1100. The number of amides is 2. The van der Waals surface area contributed by atoms with Crippen LogP contribution in [0.2, 0.25) is 5.02 Å². The summed E-state index contributed by atoms with van der Waals surface area (Å²) in [5.74, 6) is -1.60. The van der Waals surface area contributed by atoms with Gasteiger partial charge in [-0.1, -0.05) is 37.3 Å². The average Bonchev–Trinajstić information content (AvgIpc) is 2.93. The number of benzene rings is 2. The van der Waals surface area contributed by atoms with Gasteiger partial charge < -0.3 is 0 Å². The number of anilines is 1. The second-order valence-electron chi connectivity index (χ2n) is 8.20. The zero-order valence-electron chi connectivity index (χ0n) is 17.4. The molecule has 0 aromatic heterocycles. The third-order valence-electron chi connectivity index (χ3n) is 6.09. The van der Waals surface area contributed by atoms with Crippen molar-refractivity contribution in [1.82, 2.24) is 4.31 Å². The highest BCUT2D eigenvalue weighted by Crippen LogP contribution is 2.35. The Kier molecular flexibility index (Phi) is 6.65. The van der Waals surface area contributed by atoms with Crippen molar-refractivity contribution in [2.45, 2.75) is 61.9 Å². The molecule has 1 atom stereocenters. The number of hydrogen-bond donors (Lipinski definition) is 0. The van der Waals surface area contributed by atoms with E-state index in [0.29, 0.717) is 17.9 Å². The second kappa shape index (κ2) is 9.29. The van der Waals surface area contributed by atoms with Crippen LogP contribution in [-0.2, 0) is 19.6 Å². The Morgan fingerprint density at radius 3 is 2.09 bits per heavy atom. The van der Waals surface area contributed by atoms with Gasteiger partial charge in [0, 0.05) is 11.1 Å². The van der Waals surface area contributed by atoms with Crippen molar-refractivity contribution in [3.8, 4) is 0 Å². The molecule has 2 aliphatic rings. The van der Waals surface area contributed by atoms with Crippen LogP contribution in [0.1, 0.15) is 44.9 Å². The number of carbonyl (C=O) groups is 2. The first-order valence-corrected chi connectivity index (χ1v) is 12.5. The average molecular weight is 479 g/mol. The number of hydrogen-bond acceptors (Lipinski definition) is 4. The van der Waals surface area contributed by atoms with Gasteiger partial charge in [0.25, 0.3) is 5.91 Å². The molecule has 1 heterocycles. The van der Waals surface area contributed by atoms with Crippen LogP contribution in [0.3, 0.4) is 0 Å². The van der Waals surface area contributed by atoms with Crippen LogP contribution in [0.25, 0.3) is 0 Å². The highest BCUT2D eigenvalue weighted by Gasteiger charge is 2.49. The minimum absolute atomic E-state index is 0.0339. The lowest BCUT2D eigenvalue weighted by Gasteiger charge is -2.33. The van der Waals surface area contributed by atoms with Crippen LogP contribution in [0.4, 0.5) is 10.1 Å². The topological polar surface area (TPSA) is 74.8 Å². The summed E-state index contributed by atoms with van der Waals surface area (Å²) in [5, 5.41) is 0.402. The summed E-state index contributed by atoms with van der Waals surface area (Å²) in [6, 6.07) is 9.31. The Morgan fingerprint density at radius 2 is 1.50 bits per heavy atom. The van der Waals surface area contributed by atoms with E-state index in [0.717, 1.165) is 42.7 Å². The van der Waals surface area contributed by atoms with Gasteiger partial charge in [-0.3, -0.25) is 9.59 Å². The molecular formula is C23H24ClFN2O4S. The molecule has 32 heavy (non-hydrogen) atoms. The molecule has 9 heteroatoms. The highest BCUT2D eigenvalue weighted by molar-refractivity contribution is 7.89. The summed E-state index contributed by atoms with van der Waals surface area (Å²) in [6.07, 6.45) is 4.72. The van der Waals surface area contributed by atoms with Crippen molar-refractivity contribution in [3.05, 3.63) is 59.4 Å². The molecular weight excluding hydrogens is 455 g/mol. The van der Waals surface area contributed by atoms with Gasteiger partial charge in [0.15, 0.2) is 0 Å². The van der Waals surface area contributed by atoms with E-state index in [1.807, 2.05) is 0 Å².